The van der Waals surface area contributed by atoms with Gasteiger partial charge in [-0.05, 0) is 37.9 Å². The van der Waals surface area contributed by atoms with E-state index in [4.69, 9.17) is 0 Å². The lowest BCUT2D eigenvalue weighted by atomic mass is 9.84. The van der Waals surface area contributed by atoms with Crippen molar-refractivity contribution in [3.63, 3.8) is 0 Å². The Morgan fingerprint density at radius 1 is 1.33 bits per heavy atom. The van der Waals surface area contributed by atoms with Crippen LogP contribution in [0.2, 0.25) is 0 Å². The maximum Gasteiger partial charge on any atom is 0.263 e. The Kier molecular flexibility index (Phi) is 7.08. The summed E-state index contributed by atoms with van der Waals surface area (Å²) >= 11 is 0. The van der Waals surface area contributed by atoms with Crippen molar-refractivity contribution in [2.45, 2.75) is 38.9 Å². The third-order valence-electron chi connectivity index (χ3n) is 5.30. The highest BCUT2D eigenvalue weighted by Crippen LogP contribution is 2.31. The molecule has 148 valence electrons. The lowest BCUT2D eigenvalue weighted by molar-refractivity contribution is 0.0946. The van der Waals surface area contributed by atoms with E-state index in [0.717, 1.165) is 37.6 Å². The molecule has 0 saturated carbocycles. The molecule has 2 bridgehead atoms. The van der Waals surface area contributed by atoms with Crippen LogP contribution in [0.5, 0.6) is 0 Å². The number of imidazole rings is 1. The molecule has 0 aromatic carbocycles. The summed E-state index contributed by atoms with van der Waals surface area (Å²) in [6.07, 6.45) is 4.71. The van der Waals surface area contributed by atoms with E-state index in [-0.39, 0.29) is 41.8 Å². The molecule has 0 spiro atoms. The van der Waals surface area contributed by atoms with Crippen LogP contribution in [0, 0.1) is 5.92 Å². The summed E-state index contributed by atoms with van der Waals surface area (Å²) in [5.41, 5.74) is 1.09. The van der Waals surface area contributed by atoms with E-state index in [0.29, 0.717) is 24.9 Å². The summed E-state index contributed by atoms with van der Waals surface area (Å²) in [5.74, 6) is 1.29. The van der Waals surface area contributed by atoms with Crippen LogP contribution in [-0.4, -0.2) is 33.1 Å². The van der Waals surface area contributed by atoms with Crippen LogP contribution in [0.4, 0.5) is 0 Å². The molecule has 9 heteroatoms. The standard InChI is InChI=1S/C18H23N5O2.2ClH/c1-2-22-6-5-20-16(22)10-21-17(24)14-3-4-15-13-7-12(8-19-9-13)11-23(15)18(14)25;;/h3-6,12-13,19H,2,7-11H2,1H3,(H,21,24);2*1H/t12-,13+;;/m0../s1. The molecule has 7 nitrogen and oxygen atoms in total. The van der Waals surface area contributed by atoms with Gasteiger partial charge < -0.3 is 19.8 Å². The molecule has 2 aliphatic rings. The van der Waals surface area contributed by atoms with Crippen LogP contribution in [0.25, 0.3) is 0 Å². The van der Waals surface area contributed by atoms with Gasteiger partial charge in [0.05, 0.1) is 6.54 Å². The molecule has 2 aliphatic heterocycles. The van der Waals surface area contributed by atoms with Gasteiger partial charge in [0.25, 0.3) is 11.5 Å². The topological polar surface area (TPSA) is 81.0 Å². The number of rotatable bonds is 4. The summed E-state index contributed by atoms with van der Waals surface area (Å²) in [5, 5.41) is 6.25. The lowest BCUT2D eigenvalue weighted by Gasteiger charge is -2.37. The van der Waals surface area contributed by atoms with E-state index in [1.807, 2.05) is 28.3 Å². The number of nitrogens with zero attached hydrogens (tertiary/aromatic N) is 3. The van der Waals surface area contributed by atoms with Gasteiger partial charge in [-0.2, -0.15) is 0 Å². The number of halogens is 2. The first-order valence-electron chi connectivity index (χ1n) is 8.90. The number of fused-ring (bicyclic) bond motifs is 4. The molecule has 0 unspecified atom stereocenters. The molecule has 1 amide bonds. The predicted molar refractivity (Wildman–Crippen MR) is 108 cm³/mol. The van der Waals surface area contributed by atoms with Gasteiger partial charge in [0, 0.05) is 43.6 Å². The monoisotopic (exact) mass is 413 g/mol. The van der Waals surface area contributed by atoms with Gasteiger partial charge in [0.1, 0.15) is 11.4 Å². The fraction of sp³-hybridized carbons (Fsp3) is 0.500. The van der Waals surface area contributed by atoms with E-state index >= 15 is 0 Å². The number of pyridine rings is 1. The molecule has 2 N–H and O–H groups in total. The van der Waals surface area contributed by atoms with Crippen molar-refractivity contribution in [2.75, 3.05) is 13.1 Å². The van der Waals surface area contributed by atoms with E-state index in [9.17, 15) is 9.59 Å². The Bertz CT molecular complexity index is 864. The first-order chi connectivity index (χ1) is 12.2. The zero-order valence-electron chi connectivity index (χ0n) is 15.2. The summed E-state index contributed by atoms with van der Waals surface area (Å²) in [7, 11) is 0. The van der Waals surface area contributed by atoms with E-state index < -0.39 is 0 Å². The Labute approximate surface area is 170 Å². The molecule has 1 fully saturated rings. The largest absolute Gasteiger partial charge is 0.345 e. The Balaban J connectivity index is 0.00000131. The first-order valence-corrected chi connectivity index (χ1v) is 8.90. The van der Waals surface area contributed by atoms with E-state index in [2.05, 4.69) is 15.6 Å². The molecule has 2 aromatic heterocycles. The van der Waals surface area contributed by atoms with Gasteiger partial charge >= 0.3 is 0 Å². The number of aromatic nitrogens is 3. The van der Waals surface area contributed by atoms with Crippen molar-refractivity contribution >= 4 is 30.7 Å². The number of hydrogen-bond donors (Lipinski definition) is 2. The van der Waals surface area contributed by atoms with E-state index in [1.165, 1.54) is 0 Å². The molecule has 2 atom stereocenters. The molecule has 27 heavy (non-hydrogen) atoms. The third-order valence-corrected chi connectivity index (χ3v) is 5.30. The average molecular weight is 414 g/mol. The molecule has 2 aromatic rings. The maximum atomic E-state index is 12.8. The quantitative estimate of drug-likeness (QED) is 0.796. The van der Waals surface area contributed by atoms with Gasteiger partial charge in [0.15, 0.2) is 0 Å². The first kappa shape index (κ1) is 21.5. The lowest BCUT2D eigenvalue weighted by Crippen LogP contribution is -2.46. The van der Waals surface area contributed by atoms with Crippen molar-refractivity contribution < 1.29 is 4.79 Å². The number of amides is 1. The van der Waals surface area contributed by atoms with Crippen LogP contribution in [0.1, 0.15) is 41.1 Å². The summed E-state index contributed by atoms with van der Waals surface area (Å²) in [6.45, 7) is 5.67. The number of carbonyl (C=O) groups is 1. The van der Waals surface area contributed by atoms with Gasteiger partial charge in [-0.15, -0.1) is 24.8 Å². The average Bonchev–Trinajstić information content (AvgIpc) is 3.08. The Morgan fingerprint density at radius 2 is 2.15 bits per heavy atom. The van der Waals surface area contributed by atoms with Crippen LogP contribution in [0.3, 0.4) is 0 Å². The van der Waals surface area contributed by atoms with Crippen molar-refractivity contribution in [3.05, 3.63) is 52.0 Å². The predicted octanol–water partition coefficient (Wildman–Crippen LogP) is 1.54. The van der Waals surface area contributed by atoms with Gasteiger partial charge in [-0.1, -0.05) is 0 Å². The summed E-state index contributed by atoms with van der Waals surface area (Å²) in [6, 6.07) is 3.61. The summed E-state index contributed by atoms with van der Waals surface area (Å²) < 4.78 is 3.77. The molecule has 4 rings (SSSR count). The smallest absolute Gasteiger partial charge is 0.263 e. The van der Waals surface area contributed by atoms with Gasteiger partial charge in [-0.3, -0.25) is 9.59 Å². The van der Waals surface area contributed by atoms with Crippen molar-refractivity contribution in [2.24, 2.45) is 5.92 Å². The molecule has 1 saturated heterocycles. The normalized spacial score (nSPS) is 20.0. The van der Waals surface area contributed by atoms with Crippen molar-refractivity contribution in [1.82, 2.24) is 24.8 Å². The highest BCUT2D eigenvalue weighted by atomic mass is 35.5. The second-order valence-electron chi connectivity index (χ2n) is 6.86. The number of piperidine rings is 1. The maximum absolute atomic E-state index is 12.8. The zero-order chi connectivity index (χ0) is 17.4. The molecule has 0 aliphatic carbocycles. The second kappa shape index (κ2) is 8.91. The number of aryl methyl sites for hydroxylation is 1. The van der Waals surface area contributed by atoms with Crippen LogP contribution < -0.4 is 16.2 Å². The fourth-order valence-corrected chi connectivity index (χ4v) is 4.01. The molecule has 4 heterocycles. The minimum absolute atomic E-state index is 0. The van der Waals surface area contributed by atoms with Crippen molar-refractivity contribution in [3.8, 4) is 0 Å². The zero-order valence-corrected chi connectivity index (χ0v) is 16.8. The van der Waals surface area contributed by atoms with E-state index in [1.54, 1.807) is 12.3 Å². The SMILES string of the molecule is CCn1ccnc1CNC(=O)c1ccc2n(c1=O)C[C@@H]1CNC[C@H]2C1.Cl.Cl. The Morgan fingerprint density at radius 3 is 2.93 bits per heavy atom. The minimum Gasteiger partial charge on any atom is -0.345 e. The van der Waals surface area contributed by atoms with Crippen LogP contribution >= 0.6 is 24.8 Å². The minimum atomic E-state index is -0.334. The number of carbonyl (C=O) groups excluding carboxylic acids is 1. The highest BCUT2D eigenvalue weighted by Gasteiger charge is 2.31. The second-order valence-corrected chi connectivity index (χ2v) is 6.86. The van der Waals surface area contributed by atoms with Gasteiger partial charge in [0.2, 0.25) is 0 Å². The third kappa shape index (κ3) is 4.05. The van der Waals surface area contributed by atoms with Crippen molar-refractivity contribution in [1.29, 1.82) is 0 Å². The van der Waals surface area contributed by atoms with Crippen LogP contribution in [-0.2, 0) is 19.6 Å². The Hall–Kier alpha value is -1.83. The highest BCUT2D eigenvalue weighted by molar-refractivity contribution is 5.93. The fourth-order valence-electron chi connectivity index (χ4n) is 4.01. The molecular formula is C18H25Cl2N5O2. The molecule has 0 radical (unpaired) electrons. The summed E-state index contributed by atoms with van der Waals surface area (Å²) in [4.78, 5) is 29.6. The van der Waals surface area contributed by atoms with Crippen LogP contribution in [0.15, 0.2) is 29.3 Å². The number of nitrogens with one attached hydrogen (secondary N) is 2. The number of hydrogen-bond acceptors (Lipinski definition) is 4. The van der Waals surface area contributed by atoms with Gasteiger partial charge in [-0.25, -0.2) is 4.98 Å². The molecular weight excluding hydrogens is 389 g/mol.